The molecule has 2 amide bonds. The molecule has 150 valence electrons. The molecule has 1 N–H and O–H groups in total. The number of aromatic nitrogens is 1. The molecular weight excluding hydrogens is 450 g/mol. The molecule has 29 heavy (non-hydrogen) atoms. The lowest BCUT2D eigenvalue weighted by molar-refractivity contribution is -0.122. The number of benzene rings is 1. The van der Waals surface area contributed by atoms with Gasteiger partial charge in [-0.2, -0.15) is 0 Å². The van der Waals surface area contributed by atoms with E-state index in [1.807, 2.05) is 12.1 Å². The van der Waals surface area contributed by atoms with E-state index in [-0.39, 0.29) is 10.7 Å². The third kappa shape index (κ3) is 3.69. The van der Waals surface area contributed by atoms with Gasteiger partial charge in [-0.05, 0) is 80.9 Å². The van der Waals surface area contributed by atoms with Crippen molar-refractivity contribution in [3.63, 3.8) is 0 Å². The predicted molar refractivity (Wildman–Crippen MR) is 122 cm³/mol. The molecule has 2 heterocycles. The molecule has 0 radical (unpaired) electrons. The van der Waals surface area contributed by atoms with E-state index in [1.165, 1.54) is 30.6 Å². The Morgan fingerprint density at radius 1 is 1.14 bits per heavy atom. The second kappa shape index (κ2) is 7.88. The van der Waals surface area contributed by atoms with Gasteiger partial charge >= 0.3 is 0 Å². The van der Waals surface area contributed by atoms with Crippen LogP contribution < -0.4 is 10.2 Å². The number of halogens is 1. The van der Waals surface area contributed by atoms with E-state index < -0.39 is 11.8 Å². The number of rotatable bonds is 3. The zero-order chi connectivity index (χ0) is 20.7. The van der Waals surface area contributed by atoms with E-state index in [2.05, 4.69) is 45.7 Å². The maximum Gasteiger partial charge on any atom is 0.270 e. The zero-order valence-electron chi connectivity index (χ0n) is 16.4. The Balaban J connectivity index is 1.72. The van der Waals surface area contributed by atoms with Gasteiger partial charge in [-0.25, -0.2) is 0 Å². The molecule has 0 unspecified atom stereocenters. The number of anilines is 1. The number of nitrogens with one attached hydrogen (secondary N) is 1. The Kier molecular flexibility index (Phi) is 5.44. The van der Waals surface area contributed by atoms with Crippen LogP contribution in [0.2, 0.25) is 0 Å². The van der Waals surface area contributed by atoms with Gasteiger partial charge in [0.05, 0.1) is 5.69 Å². The number of nitrogens with zero attached hydrogens (tertiary/aromatic N) is 2. The minimum absolute atomic E-state index is 0.0909. The maximum absolute atomic E-state index is 13.2. The Morgan fingerprint density at radius 2 is 1.79 bits per heavy atom. The van der Waals surface area contributed by atoms with E-state index in [4.69, 9.17) is 12.2 Å². The molecule has 5 nitrogen and oxygen atoms in total. The molecule has 1 saturated carbocycles. The summed E-state index contributed by atoms with van der Waals surface area (Å²) >= 11 is 8.66. The summed E-state index contributed by atoms with van der Waals surface area (Å²) in [5, 5.41) is 2.74. The first-order chi connectivity index (χ1) is 13.9. The summed E-state index contributed by atoms with van der Waals surface area (Å²) < 4.78 is 3.25. The summed E-state index contributed by atoms with van der Waals surface area (Å²) in [5.74, 6) is -0.870. The third-order valence-electron chi connectivity index (χ3n) is 5.70. The van der Waals surface area contributed by atoms with Crippen LogP contribution in [0.15, 0.2) is 40.4 Å². The van der Waals surface area contributed by atoms with Crippen LogP contribution in [0.5, 0.6) is 0 Å². The Morgan fingerprint density at radius 3 is 2.45 bits per heavy atom. The normalized spacial score (nSPS) is 19.3. The fourth-order valence-corrected chi connectivity index (χ4v) is 4.86. The molecule has 0 spiro atoms. The van der Waals surface area contributed by atoms with E-state index >= 15 is 0 Å². The quantitative estimate of drug-likeness (QED) is 0.396. The van der Waals surface area contributed by atoms with E-state index in [9.17, 15) is 9.59 Å². The first-order valence-electron chi connectivity index (χ1n) is 9.72. The zero-order valence-corrected chi connectivity index (χ0v) is 18.8. The average Bonchev–Trinajstić information content (AvgIpc) is 3.28. The monoisotopic (exact) mass is 471 g/mol. The smallest absolute Gasteiger partial charge is 0.270 e. The van der Waals surface area contributed by atoms with Crippen molar-refractivity contribution in [1.29, 1.82) is 0 Å². The number of hydrogen-bond acceptors (Lipinski definition) is 3. The van der Waals surface area contributed by atoms with E-state index in [1.54, 1.807) is 18.2 Å². The van der Waals surface area contributed by atoms with Crippen LogP contribution in [-0.4, -0.2) is 21.5 Å². The van der Waals surface area contributed by atoms with Crippen LogP contribution in [0.25, 0.3) is 6.08 Å². The summed E-state index contributed by atoms with van der Waals surface area (Å²) in [6.45, 7) is 4.14. The lowest BCUT2D eigenvalue weighted by Gasteiger charge is -2.29. The topological polar surface area (TPSA) is 54.3 Å². The highest BCUT2D eigenvalue weighted by atomic mass is 79.9. The van der Waals surface area contributed by atoms with Gasteiger partial charge in [0.1, 0.15) is 5.57 Å². The molecule has 1 aliphatic carbocycles. The molecule has 1 aliphatic heterocycles. The van der Waals surface area contributed by atoms with Gasteiger partial charge < -0.3 is 4.57 Å². The third-order valence-corrected chi connectivity index (χ3v) is 6.51. The van der Waals surface area contributed by atoms with Crippen molar-refractivity contribution in [3.8, 4) is 0 Å². The standard InChI is InChI=1S/C22H22BrN3O2S/c1-13-11-15(14(2)25(13)17-5-3-4-6-17)12-19-20(27)24-22(29)26(21(19)28)18-9-7-16(23)8-10-18/h7-12,17H,3-6H2,1-2H3,(H,24,27,29)/b19-12-. The largest absolute Gasteiger partial charge is 0.346 e. The highest BCUT2D eigenvalue weighted by Crippen LogP contribution is 2.34. The second-order valence-corrected chi connectivity index (χ2v) is 8.87. The molecule has 1 aromatic heterocycles. The number of hydrogen-bond donors (Lipinski definition) is 1. The molecule has 2 fully saturated rings. The Hall–Kier alpha value is -2.25. The Bertz CT molecular complexity index is 1030. The van der Waals surface area contributed by atoms with Crippen LogP contribution in [0, 0.1) is 13.8 Å². The van der Waals surface area contributed by atoms with Crippen molar-refractivity contribution in [2.75, 3.05) is 4.90 Å². The summed E-state index contributed by atoms with van der Waals surface area (Å²) in [6, 6.07) is 9.80. The minimum Gasteiger partial charge on any atom is -0.346 e. The predicted octanol–water partition coefficient (Wildman–Crippen LogP) is 4.81. The van der Waals surface area contributed by atoms with Crippen molar-refractivity contribution in [3.05, 3.63) is 57.3 Å². The SMILES string of the molecule is Cc1cc(/C=C2/C(=O)NC(=S)N(c3ccc(Br)cc3)C2=O)c(C)n1C1CCCC1. The van der Waals surface area contributed by atoms with Crippen LogP contribution in [0.1, 0.15) is 48.7 Å². The van der Waals surface area contributed by atoms with Gasteiger partial charge in [0.25, 0.3) is 11.8 Å². The van der Waals surface area contributed by atoms with Crippen LogP contribution in [-0.2, 0) is 9.59 Å². The van der Waals surface area contributed by atoms with Crippen molar-refractivity contribution < 1.29 is 9.59 Å². The first-order valence-corrected chi connectivity index (χ1v) is 10.9. The van der Waals surface area contributed by atoms with Gasteiger partial charge in [-0.15, -0.1) is 0 Å². The van der Waals surface area contributed by atoms with Crippen molar-refractivity contribution >= 4 is 56.8 Å². The number of aryl methyl sites for hydroxylation is 1. The van der Waals surface area contributed by atoms with Gasteiger partial charge in [-0.3, -0.25) is 19.8 Å². The summed E-state index contributed by atoms with van der Waals surface area (Å²) in [5.41, 5.74) is 3.85. The number of carbonyl (C=O) groups excluding carboxylic acids is 2. The van der Waals surface area contributed by atoms with E-state index in [0.29, 0.717) is 11.7 Å². The fraction of sp³-hybridized carbons (Fsp3) is 0.318. The summed E-state index contributed by atoms with van der Waals surface area (Å²) in [7, 11) is 0. The molecule has 0 atom stereocenters. The van der Waals surface area contributed by atoms with Gasteiger partial charge in [0, 0.05) is 21.9 Å². The average molecular weight is 472 g/mol. The van der Waals surface area contributed by atoms with Crippen molar-refractivity contribution in [2.45, 2.75) is 45.6 Å². The highest BCUT2D eigenvalue weighted by molar-refractivity contribution is 9.10. The molecule has 4 rings (SSSR count). The van der Waals surface area contributed by atoms with Crippen molar-refractivity contribution in [1.82, 2.24) is 9.88 Å². The van der Waals surface area contributed by atoms with Crippen LogP contribution in [0.4, 0.5) is 5.69 Å². The van der Waals surface area contributed by atoms with Crippen molar-refractivity contribution in [2.24, 2.45) is 0 Å². The molecule has 0 bridgehead atoms. The lowest BCUT2D eigenvalue weighted by atomic mass is 10.1. The minimum atomic E-state index is -0.459. The lowest BCUT2D eigenvalue weighted by Crippen LogP contribution is -2.54. The second-order valence-electron chi connectivity index (χ2n) is 7.57. The molecular formula is C22H22BrN3O2S. The molecule has 2 aliphatic rings. The van der Waals surface area contributed by atoms with Gasteiger partial charge in [0.15, 0.2) is 5.11 Å². The fourth-order valence-electron chi connectivity index (χ4n) is 4.31. The van der Waals surface area contributed by atoms with Crippen LogP contribution >= 0.6 is 28.1 Å². The van der Waals surface area contributed by atoms with E-state index in [0.717, 1.165) is 21.4 Å². The number of thiocarbonyl (C=S) groups is 1. The number of amides is 2. The Labute approximate surface area is 183 Å². The van der Waals surface area contributed by atoms with Gasteiger partial charge in [-0.1, -0.05) is 28.8 Å². The first kappa shape index (κ1) is 20.0. The molecule has 1 saturated heterocycles. The molecule has 7 heteroatoms. The summed E-state index contributed by atoms with van der Waals surface area (Å²) in [4.78, 5) is 27.1. The highest BCUT2D eigenvalue weighted by Gasteiger charge is 2.34. The number of carbonyl (C=O) groups is 2. The van der Waals surface area contributed by atoms with Gasteiger partial charge in [0.2, 0.25) is 0 Å². The maximum atomic E-state index is 13.2. The molecule has 1 aromatic carbocycles. The molecule has 2 aromatic rings. The summed E-state index contributed by atoms with van der Waals surface area (Å²) in [6.07, 6.45) is 6.55. The van der Waals surface area contributed by atoms with Crippen LogP contribution in [0.3, 0.4) is 0 Å².